The molecule has 2 rings (SSSR count). The van der Waals surface area contributed by atoms with Crippen molar-refractivity contribution in [2.75, 3.05) is 0 Å². The molecule has 0 fully saturated rings. The summed E-state index contributed by atoms with van der Waals surface area (Å²) in [6.45, 7) is 1.74. The van der Waals surface area contributed by atoms with E-state index in [0.717, 1.165) is 6.07 Å². The van der Waals surface area contributed by atoms with Crippen LogP contribution in [0, 0.1) is 24.1 Å². The van der Waals surface area contributed by atoms with Crippen LogP contribution in [0.5, 0.6) is 5.75 Å². The molecule has 0 amide bonds. The molecule has 0 bridgehead atoms. The average Bonchev–Trinajstić information content (AvgIpc) is 2.22. The van der Waals surface area contributed by atoms with Gasteiger partial charge in [-0.05, 0) is 18.6 Å². The number of phenolic OH excluding ortho intramolecular Hbond substituents is 1. The minimum atomic E-state index is -0.709. The first-order valence-electron chi connectivity index (χ1n) is 4.31. The molecule has 0 aliphatic carbocycles. The zero-order valence-electron chi connectivity index (χ0n) is 7.95. The van der Waals surface area contributed by atoms with E-state index in [1.54, 1.807) is 6.92 Å². The number of aryl methyl sites for hydroxylation is 1. The van der Waals surface area contributed by atoms with Crippen molar-refractivity contribution in [2.24, 2.45) is 0 Å². The SMILES string of the molecule is Cc1c(C#N)cnc2cc(F)c(O)cc12. The van der Waals surface area contributed by atoms with Crippen molar-refractivity contribution in [3.8, 4) is 11.8 Å². The normalized spacial score (nSPS) is 10.2. The standard InChI is InChI=1S/C11H7FN2O/c1-6-7(4-13)5-14-10-3-9(12)11(15)2-8(6)10/h2-3,5,15H,1H3. The Kier molecular flexibility index (Phi) is 2.01. The van der Waals surface area contributed by atoms with Crippen LogP contribution in [0.3, 0.4) is 0 Å². The molecule has 0 spiro atoms. The molecular weight excluding hydrogens is 195 g/mol. The van der Waals surface area contributed by atoms with Gasteiger partial charge >= 0.3 is 0 Å². The van der Waals surface area contributed by atoms with E-state index in [0.29, 0.717) is 22.0 Å². The Balaban J connectivity index is 2.89. The summed E-state index contributed by atoms with van der Waals surface area (Å²) >= 11 is 0. The van der Waals surface area contributed by atoms with Crippen LogP contribution in [0.4, 0.5) is 4.39 Å². The van der Waals surface area contributed by atoms with Crippen LogP contribution in [0.2, 0.25) is 0 Å². The smallest absolute Gasteiger partial charge is 0.166 e. The topological polar surface area (TPSA) is 56.9 Å². The van der Waals surface area contributed by atoms with Gasteiger partial charge in [-0.3, -0.25) is 4.98 Å². The number of halogens is 1. The zero-order valence-corrected chi connectivity index (χ0v) is 7.95. The Morgan fingerprint density at radius 1 is 1.47 bits per heavy atom. The maximum atomic E-state index is 13.0. The molecule has 0 aliphatic heterocycles. The summed E-state index contributed by atoms with van der Waals surface area (Å²) in [6.07, 6.45) is 1.40. The van der Waals surface area contributed by atoms with Gasteiger partial charge in [0.25, 0.3) is 0 Å². The number of aromatic hydroxyl groups is 1. The molecule has 3 nitrogen and oxygen atoms in total. The summed E-state index contributed by atoms with van der Waals surface area (Å²) in [6, 6.07) is 4.42. The van der Waals surface area contributed by atoms with Crippen LogP contribution in [0.15, 0.2) is 18.3 Å². The molecule has 4 heteroatoms. The quantitative estimate of drug-likeness (QED) is 0.712. The monoisotopic (exact) mass is 202 g/mol. The van der Waals surface area contributed by atoms with Crippen LogP contribution in [-0.2, 0) is 0 Å². The van der Waals surface area contributed by atoms with Crippen LogP contribution >= 0.6 is 0 Å². The molecule has 1 N–H and O–H groups in total. The molecule has 15 heavy (non-hydrogen) atoms. The molecule has 0 saturated carbocycles. The number of fused-ring (bicyclic) bond motifs is 1. The zero-order chi connectivity index (χ0) is 11.0. The second-order valence-electron chi connectivity index (χ2n) is 3.23. The molecule has 74 valence electrons. The van der Waals surface area contributed by atoms with Crippen molar-refractivity contribution in [3.05, 3.63) is 35.3 Å². The maximum absolute atomic E-state index is 13.0. The fourth-order valence-electron chi connectivity index (χ4n) is 1.45. The molecular formula is C11H7FN2O. The van der Waals surface area contributed by atoms with Crippen molar-refractivity contribution < 1.29 is 9.50 Å². The molecule has 0 aliphatic rings. The number of nitrogens with zero attached hydrogens (tertiary/aromatic N) is 2. The van der Waals surface area contributed by atoms with E-state index < -0.39 is 11.6 Å². The first kappa shape index (κ1) is 9.41. The number of pyridine rings is 1. The van der Waals surface area contributed by atoms with E-state index in [9.17, 15) is 9.50 Å². The number of benzene rings is 1. The summed E-state index contributed by atoms with van der Waals surface area (Å²) < 4.78 is 13.0. The van der Waals surface area contributed by atoms with E-state index in [-0.39, 0.29) is 0 Å². The highest BCUT2D eigenvalue weighted by Crippen LogP contribution is 2.25. The molecule has 0 atom stereocenters. The lowest BCUT2D eigenvalue weighted by Crippen LogP contribution is -1.89. The highest BCUT2D eigenvalue weighted by atomic mass is 19.1. The van der Waals surface area contributed by atoms with Crippen molar-refractivity contribution in [1.29, 1.82) is 5.26 Å². The van der Waals surface area contributed by atoms with Crippen LogP contribution < -0.4 is 0 Å². The molecule has 0 saturated heterocycles. The third-order valence-electron chi connectivity index (χ3n) is 2.33. The second kappa shape index (κ2) is 3.21. The highest BCUT2D eigenvalue weighted by Gasteiger charge is 2.08. The average molecular weight is 202 g/mol. The van der Waals surface area contributed by atoms with E-state index in [4.69, 9.17) is 5.26 Å². The van der Waals surface area contributed by atoms with Crippen LogP contribution in [0.1, 0.15) is 11.1 Å². The van der Waals surface area contributed by atoms with Gasteiger partial charge in [0.15, 0.2) is 11.6 Å². The predicted molar refractivity (Wildman–Crippen MR) is 52.8 cm³/mol. The fourth-order valence-corrected chi connectivity index (χ4v) is 1.45. The number of hydrogen-bond donors (Lipinski definition) is 1. The largest absolute Gasteiger partial charge is 0.505 e. The first-order valence-corrected chi connectivity index (χ1v) is 4.31. The van der Waals surface area contributed by atoms with Gasteiger partial charge in [-0.25, -0.2) is 4.39 Å². The Hall–Kier alpha value is -2.15. The minimum Gasteiger partial charge on any atom is -0.505 e. The Bertz CT molecular complexity index is 587. The van der Waals surface area contributed by atoms with Crippen molar-refractivity contribution in [3.63, 3.8) is 0 Å². The lowest BCUT2D eigenvalue weighted by Gasteiger charge is -2.04. The highest BCUT2D eigenvalue weighted by molar-refractivity contribution is 5.85. The summed E-state index contributed by atoms with van der Waals surface area (Å²) in [7, 11) is 0. The fraction of sp³-hybridized carbons (Fsp3) is 0.0909. The van der Waals surface area contributed by atoms with Gasteiger partial charge in [0.2, 0.25) is 0 Å². The molecule has 1 heterocycles. The summed E-state index contributed by atoms with van der Waals surface area (Å²) in [5, 5.41) is 18.6. The molecule has 0 radical (unpaired) electrons. The second-order valence-corrected chi connectivity index (χ2v) is 3.23. The Morgan fingerprint density at radius 3 is 2.87 bits per heavy atom. The summed E-state index contributed by atoms with van der Waals surface area (Å²) in [4.78, 5) is 3.94. The number of nitriles is 1. The number of rotatable bonds is 0. The molecule has 1 aromatic heterocycles. The predicted octanol–water partition coefficient (Wildman–Crippen LogP) is 2.26. The summed E-state index contributed by atoms with van der Waals surface area (Å²) in [5.74, 6) is -1.14. The van der Waals surface area contributed by atoms with Gasteiger partial charge in [0.05, 0.1) is 11.1 Å². The molecule has 1 aromatic carbocycles. The van der Waals surface area contributed by atoms with Gasteiger partial charge in [-0.15, -0.1) is 0 Å². The van der Waals surface area contributed by atoms with E-state index >= 15 is 0 Å². The maximum Gasteiger partial charge on any atom is 0.166 e. The van der Waals surface area contributed by atoms with Crippen molar-refractivity contribution in [2.45, 2.75) is 6.92 Å². The minimum absolute atomic E-state index is 0.425. The third-order valence-corrected chi connectivity index (χ3v) is 2.33. The van der Waals surface area contributed by atoms with E-state index in [2.05, 4.69) is 4.98 Å². The van der Waals surface area contributed by atoms with Crippen molar-refractivity contribution >= 4 is 10.9 Å². The number of hydrogen-bond acceptors (Lipinski definition) is 3. The molecule has 2 aromatic rings. The first-order chi connectivity index (χ1) is 7.13. The summed E-state index contributed by atoms with van der Waals surface area (Å²) in [5.41, 5.74) is 1.55. The van der Waals surface area contributed by atoms with Gasteiger partial charge in [0, 0.05) is 17.6 Å². The number of phenols is 1. The molecule has 0 unspecified atom stereocenters. The van der Waals surface area contributed by atoms with Crippen molar-refractivity contribution in [1.82, 2.24) is 4.98 Å². The van der Waals surface area contributed by atoms with Crippen LogP contribution in [0.25, 0.3) is 10.9 Å². The lowest BCUT2D eigenvalue weighted by molar-refractivity contribution is 0.433. The van der Waals surface area contributed by atoms with E-state index in [1.165, 1.54) is 12.3 Å². The van der Waals surface area contributed by atoms with Gasteiger partial charge in [-0.2, -0.15) is 5.26 Å². The van der Waals surface area contributed by atoms with Gasteiger partial charge < -0.3 is 5.11 Å². The Morgan fingerprint density at radius 2 is 2.20 bits per heavy atom. The Labute approximate surface area is 85.4 Å². The number of aromatic nitrogens is 1. The van der Waals surface area contributed by atoms with E-state index in [1.807, 2.05) is 6.07 Å². The van der Waals surface area contributed by atoms with Gasteiger partial charge in [0.1, 0.15) is 6.07 Å². The van der Waals surface area contributed by atoms with Gasteiger partial charge in [-0.1, -0.05) is 0 Å². The van der Waals surface area contributed by atoms with Crippen LogP contribution in [-0.4, -0.2) is 10.1 Å². The lowest BCUT2D eigenvalue weighted by atomic mass is 10.1. The third kappa shape index (κ3) is 1.38.